The molecule has 5 amide bonds. The summed E-state index contributed by atoms with van der Waals surface area (Å²) >= 11 is 0. The molecule has 2 aliphatic rings. The molecule has 4 atom stereocenters. The maximum absolute atomic E-state index is 13.9. The van der Waals surface area contributed by atoms with Gasteiger partial charge in [-0.1, -0.05) is 63.2 Å². The number of Topliss-reactive ketones (excluding diaryl/α,β-unsaturated/α-hetero) is 1. The van der Waals surface area contributed by atoms with Crippen LogP contribution < -0.4 is 26.6 Å². The van der Waals surface area contributed by atoms with Crippen LogP contribution in [0.15, 0.2) is 40.9 Å². The van der Waals surface area contributed by atoms with Crippen molar-refractivity contribution < 1.29 is 42.8 Å². The van der Waals surface area contributed by atoms with E-state index in [1.54, 1.807) is 11.8 Å². The Kier molecular flexibility index (Phi) is 16.2. The van der Waals surface area contributed by atoms with Gasteiger partial charge in [0.05, 0.1) is 31.3 Å². The van der Waals surface area contributed by atoms with Gasteiger partial charge >= 0.3 is 6.09 Å². The predicted octanol–water partition coefficient (Wildman–Crippen LogP) is 1.80. The molecule has 4 rings (SSSR count). The standard InChI is InChI=1S/C39H57N7O9/c1-25(2)11-13-30(35(49)39(5)24-54-39)43-37(51)32(19-27-9-7-6-8-10-27)44-36(50)31(14-12-26(3)4)42-34(48)22-41-33(47)21-28-20-29(55-45-28)23-53-38(52)46-17-15-40-16-18-46/h6-10,20,25-26,30-32,40H,11-19,21-24H2,1-5H3,(H,41,47)(H,42,48)(H,43,51)(H,44,50). The second kappa shape index (κ2) is 20.7. The summed E-state index contributed by atoms with van der Waals surface area (Å²) < 4.78 is 15.9. The van der Waals surface area contributed by atoms with Crippen molar-refractivity contribution in [3.05, 3.63) is 53.4 Å². The number of rotatable bonds is 21. The van der Waals surface area contributed by atoms with E-state index in [2.05, 4.69) is 31.7 Å². The molecule has 2 aliphatic heterocycles. The van der Waals surface area contributed by atoms with Gasteiger partial charge in [0.1, 0.15) is 17.7 Å². The molecule has 0 bridgehead atoms. The van der Waals surface area contributed by atoms with Crippen molar-refractivity contribution in [2.45, 2.75) is 103 Å². The lowest BCUT2D eigenvalue weighted by Gasteiger charge is -2.26. The van der Waals surface area contributed by atoms with Crippen LogP contribution in [-0.4, -0.2) is 109 Å². The minimum Gasteiger partial charge on any atom is -0.441 e. The first-order chi connectivity index (χ1) is 26.2. The SMILES string of the molecule is CC(C)CCC(NC(=O)CNC(=O)Cc1cc(COC(=O)N2CCNCC2)on1)C(=O)NC(Cc1ccccc1)C(=O)NC(CCC(C)C)C(=O)C1(C)CO1. The number of carbonyl (C=O) groups excluding carboxylic acids is 6. The molecule has 0 saturated carbocycles. The van der Waals surface area contributed by atoms with Crippen molar-refractivity contribution in [2.24, 2.45) is 11.8 Å². The Labute approximate surface area is 322 Å². The van der Waals surface area contributed by atoms with Gasteiger partial charge in [-0.15, -0.1) is 0 Å². The number of nitrogens with zero attached hydrogens (tertiary/aromatic N) is 2. The van der Waals surface area contributed by atoms with Crippen LogP contribution in [0.2, 0.25) is 0 Å². The lowest BCUT2D eigenvalue weighted by Crippen LogP contribution is -2.57. The Bertz CT molecular complexity index is 1600. The third-order valence-electron chi connectivity index (χ3n) is 9.47. The topological polar surface area (TPSA) is 214 Å². The van der Waals surface area contributed by atoms with Crippen LogP contribution in [0.25, 0.3) is 0 Å². The molecule has 2 aromatic rings. The van der Waals surface area contributed by atoms with E-state index >= 15 is 0 Å². The minimum absolute atomic E-state index is 0.140. The highest BCUT2D eigenvalue weighted by molar-refractivity contribution is 5.98. The number of aromatic nitrogens is 1. The van der Waals surface area contributed by atoms with Gasteiger partial charge in [-0.25, -0.2) is 4.79 Å². The lowest BCUT2D eigenvalue weighted by molar-refractivity contribution is -0.134. The van der Waals surface area contributed by atoms with E-state index in [9.17, 15) is 28.8 Å². The molecule has 2 fully saturated rings. The fourth-order valence-electron chi connectivity index (χ4n) is 5.99. The van der Waals surface area contributed by atoms with E-state index in [1.165, 1.54) is 6.07 Å². The molecule has 1 aromatic heterocycles. The molecule has 4 unspecified atom stereocenters. The third-order valence-corrected chi connectivity index (χ3v) is 9.47. The van der Waals surface area contributed by atoms with Crippen molar-refractivity contribution in [3.63, 3.8) is 0 Å². The van der Waals surface area contributed by atoms with Gasteiger partial charge < -0.3 is 45.5 Å². The molecule has 0 radical (unpaired) electrons. The number of ether oxygens (including phenoxy) is 2. The van der Waals surface area contributed by atoms with E-state index in [4.69, 9.17) is 14.0 Å². The van der Waals surface area contributed by atoms with Crippen LogP contribution in [0.4, 0.5) is 4.79 Å². The predicted molar refractivity (Wildman–Crippen MR) is 201 cm³/mol. The van der Waals surface area contributed by atoms with Crippen molar-refractivity contribution in [2.75, 3.05) is 39.3 Å². The number of epoxide rings is 1. The Morgan fingerprint density at radius 3 is 2.11 bits per heavy atom. The Morgan fingerprint density at radius 2 is 1.47 bits per heavy atom. The smallest absolute Gasteiger partial charge is 0.410 e. The zero-order valence-corrected chi connectivity index (χ0v) is 32.6. The van der Waals surface area contributed by atoms with E-state index in [-0.39, 0.29) is 49.0 Å². The fourth-order valence-corrected chi connectivity index (χ4v) is 5.99. The Morgan fingerprint density at radius 1 is 0.855 bits per heavy atom. The number of hydrogen-bond acceptors (Lipinski definition) is 11. The highest BCUT2D eigenvalue weighted by Crippen LogP contribution is 2.29. The summed E-state index contributed by atoms with van der Waals surface area (Å²) in [6.45, 7) is 12.0. The van der Waals surface area contributed by atoms with Crippen LogP contribution in [0, 0.1) is 11.8 Å². The van der Waals surface area contributed by atoms with Crippen LogP contribution >= 0.6 is 0 Å². The average molecular weight is 768 g/mol. The summed E-state index contributed by atoms with van der Waals surface area (Å²) in [5.41, 5.74) is 0.148. The number of hydrogen-bond donors (Lipinski definition) is 5. The number of amides is 5. The van der Waals surface area contributed by atoms with Gasteiger partial charge in [-0.3, -0.25) is 24.0 Å². The molecular weight excluding hydrogens is 710 g/mol. The summed E-state index contributed by atoms with van der Waals surface area (Å²) in [6, 6.07) is 7.86. The Hall–Kier alpha value is -4.83. The molecule has 16 heteroatoms. The number of carbonyl (C=O) groups is 6. The second-order valence-electron chi connectivity index (χ2n) is 15.3. The van der Waals surface area contributed by atoms with Crippen molar-refractivity contribution in [3.8, 4) is 0 Å². The van der Waals surface area contributed by atoms with Crippen LogP contribution in [-0.2, 0) is 52.9 Å². The third kappa shape index (κ3) is 14.4. The minimum atomic E-state index is -1.05. The normalized spacial score (nSPS) is 18.2. The van der Waals surface area contributed by atoms with Gasteiger partial charge in [-0.05, 0) is 50.0 Å². The maximum atomic E-state index is 13.9. The van der Waals surface area contributed by atoms with Gasteiger partial charge in [0.2, 0.25) is 23.6 Å². The number of benzene rings is 1. The molecule has 3 heterocycles. The lowest BCUT2D eigenvalue weighted by atomic mass is 9.93. The van der Waals surface area contributed by atoms with E-state index in [0.29, 0.717) is 58.0 Å². The second-order valence-corrected chi connectivity index (χ2v) is 15.3. The zero-order valence-electron chi connectivity index (χ0n) is 32.6. The first kappa shape index (κ1) is 42.9. The quantitative estimate of drug-likeness (QED) is 0.116. The summed E-state index contributed by atoms with van der Waals surface area (Å²) in [4.78, 5) is 80.6. The highest BCUT2D eigenvalue weighted by Gasteiger charge is 2.50. The molecule has 5 N–H and O–H groups in total. The van der Waals surface area contributed by atoms with Gasteiger partial charge in [0.15, 0.2) is 18.2 Å². The fraction of sp³-hybridized carbons (Fsp3) is 0.615. The van der Waals surface area contributed by atoms with Gasteiger partial charge in [0, 0.05) is 38.7 Å². The molecule has 16 nitrogen and oxygen atoms in total. The van der Waals surface area contributed by atoms with Crippen LogP contribution in [0.3, 0.4) is 0 Å². The van der Waals surface area contributed by atoms with Crippen molar-refractivity contribution >= 4 is 35.5 Å². The van der Waals surface area contributed by atoms with Crippen molar-refractivity contribution in [1.29, 1.82) is 0 Å². The monoisotopic (exact) mass is 767 g/mol. The number of ketones is 1. The van der Waals surface area contributed by atoms with E-state index in [0.717, 1.165) is 5.56 Å². The van der Waals surface area contributed by atoms with Crippen molar-refractivity contribution in [1.82, 2.24) is 36.6 Å². The maximum Gasteiger partial charge on any atom is 0.410 e. The van der Waals surface area contributed by atoms with Gasteiger partial charge in [-0.2, -0.15) is 0 Å². The average Bonchev–Trinajstić information content (AvgIpc) is 3.77. The largest absolute Gasteiger partial charge is 0.441 e. The molecule has 302 valence electrons. The first-order valence-corrected chi connectivity index (χ1v) is 19.2. The molecular formula is C39H57N7O9. The highest BCUT2D eigenvalue weighted by atomic mass is 16.6. The summed E-state index contributed by atoms with van der Waals surface area (Å²) in [5.74, 6) is -1.60. The Balaban J connectivity index is 1.34. The number of piperazine rings is 1. The molecule has 0 spiro atoms. The molecule has 2 saturated heterocycles. The molecule has 1 aromatic carbocycles. The van der Waals surface area contributed by atoms with E-state index < -0.39 is 60.0 Å². The molecule has 0 aliphatic carbocycles. The number of nitrogens with one attached hydrogen (secondary N) is 5. The summed E-state index contributed by atoms with van der Waals surface area (Å²) in [6.07, 6.45) is 1.52. The van der Waals surface area contributed by atoms with Crippen LogP contribution in [0.5, 0.6) is 0 Å². The van der Waals surface area contributed by atoms with E-state index in [1.807, 2.05) is 58.0 Å². The van der Waals surface area contributed by atoms with Gasteiger partial charge in [0.25, 0.3) is 0 Å². The first-order valence-electron chi connectivity index (χ1n) is 19.2. The molecule has 55 heavy (non-hydrogen) atoms. The summed E-state index contributed by atoms with van der Waals surface area (Å²) in [5, 5.41) is 18.0. The summed E-state index contributed by atoms with van der Waals surface area (Å²) in [7, 11) is 0. The van der Waals surface area contributed by atoms with Crippen LogP contribution in [0.1, 0.15) is 77.3 Å². The zero-order chi connectivity index (χ0) is 40.0.